The van der Waals surface area contributed by atoms with Crippen LogP contribution in [0.3, 0.4) is 0 Å². The summed E-state index contributed by atoms with van der Waals surface area (Å²) in [5, 5.41) is 0. The molecule has 0 spiro atoms. The molecule has 0 N–H and O–H groups in total. The predicted molar refractivity (Wildman–Crippen MR) is 82.3 cm³/mol. The number of hydrogen-bond acceptors (Lipinski definition) is 2. The summed E-state index contributed by atoms with van der Waals surface area (Å²) in [6.07, 6.45) is 10.4. The monoisotopic (exact) mass is 281 g/mol. The zero-order chi connectivity index (χ0) is 15.0. The molecule has 3 nitrogen and oxygen atoms in total. The van der Waals surface area contributed by atoms with Crippen LogP contribution < -0.4 is 0 Å². The number of unbranched alkanes of at least 4 members (excludes halogenated alkanes) is 7. The van der Waals surface area contributed by atoms with Gasteiger partial charge in [0.15, 0.2) is 0 Å². The van der Waals surface area contributed by atoms with Gasteiger partial charge in [0.25, 0.3) is 0 Å². The highest BCUT2D eigenvalue weighted by molar-refractivity contribution is 6.00. The Morgan fingerprint density at radius 1 is 1.10 bits per heavy atom. The van der Waals surface area contributed by atoms with E-state index in [9.17, 15) is 9.59 Å². The van der Waals surface area contributed by atoms with Crippen LogP contribution in [0, 0.1) is 11.8 Å². The van der Waals surface area contributed by atoms with Crippen LogP contribution in [0.5, 0.6) is 0 Å². The van der Waals surface area contributed by atoms with E-state index in [1.807, 2.05) is 13.8 Å². The second-order valence-corrected chi connectivity index (χ2v) is 6.42. The van der Waals surface area contributed by atoms with Gasteiger partial charge in [0.05, 0.1) is 5.92 Å². The molecule has 0 aliphatic carbocycles. The van der Waals surface area contributed by atoms with Crippen molar-refractivity contribution in [1.82, 2.24) is 4.90 Å². The normalized spacial score (nSPS) is 18.5. The number of carbonyl (C=O) groups is 2. The van der Waals surface area contributed by atoms with E-state index in [1.54, 1.807) is 0 Å². The quantitative estimate of drug-likeness (QED) is 0.445. The number of imide groups is 1. The van der Waals surface area contributed by atoms with Crippen LogP contribution >= 0.6 is 0 Å². The van der Waals surface area contributed by atoms with Gasteiger partial charge in [-0.25, -0.2) is 0 Å². The zero-order valence-electron chi connectivity index (χ0n) is 13.5. The van der Waals surface area contributed by atoms with E-state index in [1.165, 1.54) is 43.4 Å². The molecule has 1 atom stereocenters. The van der Waals surface area contributed by atoms with Crippen molar-refractivity contribution in [3.8, 4) is 0 Å². The van der Waals surface area contributed by atoms with Crippen LogP contribution in [0.25, 0.3) is 0 Å². The van der Waals surface area contributed by atoms with E-state index in [4.69, 9.17) is 0 Å². The molecule has 0 aromatic heterocycles. The molecule has 20 heavy (non-hydrogen) atoms. The highest BCUT2D eigenvalue weighted by atomic mass is 16.2. The Hall–Kier alpha value is -0.860. The summed E-state index contributed by atoms with van der Waals surface area (Å²) < 4.78 is 0. The molecule has 0 saturated carbocycles. The molecule has 0 unspecified atom stereocenters. The maximum absolute atomic E-state index is 11.9. The number of hydrogen-bond donors (Lipinski definition) is 0. The zero-order valence-corrected chi connectivity index (χ0v) is 13.5. The first-order chi connectivity index (χ1) is 9.57. The second kappa shape index (κ2) is 9.15. The Labute approximate surface area is 124 Å². The number of β-lactam (4-membered cyclic amide) rings is 1. The van der Waals surface area contributed by atoms with E-state index < -0.39 is 0 Å². The van der Waals surface area contributed by atoms with E-state index in [-0.39, 0.29) is 17.7 Å². The molecule has 0 radical (unpaired) electrons. The van der Waals surface area contributed by atoms with E-state index >= 15 is 0 Å². The summed E-state index contributed by atoms with van der Waals surface area (Å²) >= 11 is 0. The van der Waals surface area contributed by atoms with Crippen molar-refractivity contribution in [2.24, 2.45) is 11.8 Å². The fourth-order valence-electron chi connectivity index (χ4n) is 2.72. The summed E-state index contributed by atoms with van der Waals surface area (Å²) in [6.45, 7) is 6.96. The van der Waals surface area contributed by atoms with Gasteiger partial charge in [-0.1, -0.05) is 65.7 Å². The lowest BCUT2D eigenvalue weighted by Crippen LogP contribution is -2.56. The highest BCUT2D eigenvalue weighted by Crippen LogP contribution is 2.26. The largest absolute Gasteiger partial charge is 0.282 e. The van der Waals surface area contributed by atoms with Gasteiger partial charge in [-0.15, -0.1) is 0 Å². The van der Waals surface area contributed by atoms with Gasteiger partial charge >= 0.3 is 0 Å². The van der Waals surface area contributed by atoms with Crippen molar-refractivity contribution in [3.05, 3.63) is 0 Å². The third-order valence-corrected chi connectivity index (χ3v) is 4.31. The lowest BCUT2D eigenvalue weighted by atomic mass is 9.87. The summed E-state index contributed by atoms with van der Waals surface area (Å²) in [5.41, 5.74) is 0. The van der Waals surface area contributed by atoms with Crippen LogP contribution in [0.4, 0.5) is 0 Å². The second-order valence-electron chi connectivity index (χ2n) is 6.42. The first kappa shape index (κ1) is 17.2. The third kappa shape index (κ3) is 5.26. The number of amides is 2. The first-order valence-corrected chi connectivity index (χ1v) is 8.42. The number of nitrogens with zero attached hydrogens (tertiary/aromatic N) is 1. The van der Waals surface area contributed by atoms with Gasteiger partial charge in [0.1, 0.15) is 0 Å². The maximum Gasteiger partial charge on any atom is 0.234 e. The van der Waals surface area contributed by atoms with E-state index in [0.29, 0.717) is 18.9 Å². The topological polar surface area (TPSA) is 37.4 Å². The van der Waals surface area contributed by atoms with E-state index in [0.717, 1.165) is 12.8 Å². The van der Waals surface area contributed by atoms with Crippen molar-refractivity contribution in [1.29, 1.82) is 0 Å². The fraction of sp³-hybridized carbons (Fsp3) is 0.882. The third-order valence-electron chi connectivity index (χ3n) is 4.31. The van der Waals surface area contributed by atoms with Crippen LogP contribution in [-0.4, -0.2) is 23.3 Å². The SMILES string of the molecule is CCCCCCCCCCC(=O)N1C[C@H](C(C)C)C1=O. The van der Waals surface area contributed by atoms with Gasteiger partial charge in [0.2, 0.25) is 11.8 Å². The number of rotatable bonds is 10. The molecule has 1 aliphatic heterocycles. The molecule has 0 bridgehead atoms. The molecular weight excluding hydrogens is 250 g/mol. The molecule has 1 saturated heterocycles. The Balaban J connectivity index is 2.00. The lowest BCUT2D eigenvalue weighted by molar-refractivity contribution is -0.160. The Morgan fingerprint density at radius 2 is 1.65 bits per heavy atom. The average Bonchev–Trinajstić information content (AvgIpc) is 2.39. The molecule has 2 amide bonds. The molecule has 3 heteroatoms. The molecule has 1 heterocycles. The highest BCUT2D eigenvalue weighted by Gasteiger charge is 2.41. The predicted octanol–water partition coefficient (Wildman–Crippen LogP) is 4.16. The van der Waals surface area contributed by atoms with E-state index in [2.05, 4.69) is 6.92 Å². The van der Waals surface area contributed by atoms with Crippen molar-refractivity contribution in [2.75, 3.05) is 6.54 Å². The minimum Gasteiger partial charge on any atom is -0.282 e. The molecule has 1 aliphatic rings. The molecule has 1 rings (SSSR count). The van der Waals surface area contributed by atoms with Gasteiger partial charge in [-0.3, -0.25) is 14.5 Å². The maximum atomic E-state index is 11.9. The summed E-state index contributed by atoms with van der Waals surface area (Å²) in [5.74, 6) is 0.523. The van der Waals surface area contributed by atoms with Gasteiger partial charge in [0, 0.05) is 13.0 Å². The van der Waals surface area contributed by atoms with Gasteiger partial charge < -0.3 is 0 Å². The van der Waals surface area contributed by atoms with Crippen LogP contribution in [0.1, 0.15) is 78.6 Å². The minimum atomic E-state index is 0.0397. The van der Waals surface area contributed by atoms with Gasteiger partial charge in [-0.2, -0.15) is 0 Å². The fourth-order valence-corrected chi connectivity index (χ4v) is 2.72. The minimum absolute atomic E-state index is 0.0397. The number of likely N-dealkylation sites (tertiary alicyclic amines) is 1. The average molecular weight is 281 g/mol. The van der Waals surface area contributed by atoms with Gasteiger partial charge in [-0.05, 0) is 12.3 Å². The summed E-state index contributed by atoms with van der Waals surface area (Å²) in [7, 11) is 0. The Kier molecular flexibility index (Phi) is 7.86. The first-order valence-electron chi connectivity index (χ1n) is 8.42. The molecule has 0 aromatic carbocycles. The molecule has 116 valence electrons. The van der Waals surface area contributed by atoms with Crippen LogP contribution in [0.15, 0.2) is 0 Å². The van der Waals surface area contributed by atoms with Crippen LogP contribution in [-0.2, 0) is 9.59 Å². The Morgan fingerprint density at radius 3 is 2.15 bits per heavy atom. The van der Waals surface area contributed by atoms with Crippen molar-refractivity contribution in [2.45, 2.75) is 78.6 Å². The number of carbonyl (C=O) groups excluding carboxylic acids is 2. The summed E-state index contributed by atoms with van der Waals surface area (Å²) in [4.78, 5) is 25.1. The molecule has 0 aromatic rings. The standard InChI is InChI=1S/C17H31NO2/c1-4-5-6-7-8-9-10-11-12-16(19)18-13-15(14(2)3)17(18)20/h14-15H,4-13H2,1-3H3/t15-/m1/s1. The van der Waals surface area contributed by atoms with Crippen molar-refractivity contribution < 1.29 is 9.59 Å². The smallest absolute Gasteiger partial charge is 0.234 e. The van der Waals surface area contributed by atoms with Crippen molar-refractivity contribution >= 4 is 11.8 Å². The lowest BCUT2D eigenvalue weighted by Gasteiger charge is -2.39. The van der Waals surface area contributed by atoms with Crippen LogP contribution in [0.2, 0.25) is 0 Å². The molecule has 1 fully saturated rings. The summed E-state index contributed by atoms with van der Waals surface area (Å²) in [6, 6.07) is 0. The molecular formula is C17H31NO2. The Bertz CT molecular complexity index is 312. The van der Waals surface area contributed by atoms with Crippen molar-refractivity contribution in [3.63, 3.8) is 0 Å².